The summed E-state index contributed by atoms with van der Waals surface area (Å²) in [5, 5.41) is 0. The number of rotatable bonds is 3. The lowest BCUT2D eigenvalue weighted by atomic mass is 9.70. The summed E-state index contributed by atoms with van der Waals surface area (Å²) in [7, 11) is 0. The van der Waals surface area contributed by atoms with Crippen molar-refractivity contribution in [2.75, 3.05) is 0 Å². The van der Waals surface area contributed by atoms with E-state index < -0.39 is 5.41 Å². The Labute approximate surface area is 186 Å². The van der Waals surface area contributed by atoms with Gasteiger partial charge in [0, 0.05) is 12.5 Å². The van der Waals surface area contributed by atoms with Crippen LogP contribution in [0.25, 0.3) is 22.3 Å². The van der Waals surface area contributed by atoms with Crippen LogP contribution >= 0.6 is 0 Å². The van der Waals surface area contributed by atoms with E-state index in [0.29, 0.717) is 5.56 Å². The summed E-state index contributed by atoms with van der Waals surface area (Å²) in [4.78, 5) is 23.1. The molecule has 0 N–H and O–H groups in total. The molecule has 32 heavy (non-hydrogen) atoms. The molecular formula is C29H20O3. The Kier molecular flexibility index (Phi) is 3.96. The second-order valence-electron chi connectivity index (χ2n) is 8.42. The molecule has 0 aromatic heterocycles. The van der Waals surface area contributed by atoms with E-state index in [4.69, 9.17) is 4.74 Å². The zero-order valence-electron chi connectivity index (χ0n) is 17.6. The molecule has 4 aromatic carbocycles. The van der Waals surface area contributed by atoms with Crippen LogP contribution in [-0.2, 0) is 21.6 Å². The third-order valence-corrected chi connectivity index (χ3v) is 6.76. The Bertz CT molecular complexity index is 1420. The Hall–Kier alpha value is -3.98. The number of fused-ring (bicyclic) bond motifs is 10. The number of ether oxygens (including phenoxy) is 1. The topological polar surface area (TPSA) is 43.4 Å². The molecule has 2 aliphatic rings. The predicted octanol–water partition coefficient (Wildman–Crippen LogP) is 5.91. The van der Waals surface area contributed by atoms with Gasteiger partial charge in [0.15, 0.2) is 0 Å². The van der Waals surface area contributed by atoms with Gasteiger partial charge in [0.05, 0.1) is 5.41 Å². The predicted molar refractivity (Wildman–Crippen MR) is 124 cm³/mol. The minimum atomic E-state index is -0.511. The molecule has 1 spiro atoms. The number of aldehydes is 1. The Morgan fingerprint density at radius 3 is 1.94 bits per heavy atom. The molecule has 0 amide bonds. The van der Waals surface area contributed by atoms with Crippen LogP contribution in [0.2, 0.25) is 0 Å². The van der Waals surface area contributed by atoms with Crippen molar-refractivity contribution in [1.82, 2.24) is 0 Å². The van der Waals surface area contributed by atoms with Gasteiger partial charge >= 0.3 is 5.97 Å². The second kappa shape index (κ2) is 6.76. The Balaban J connectivity index is 1.73. The smallest absolute Gasteiger partial charge is 0.302 e. The molecule has 0 unspecified atom stereocenters. The van der Waals surface area contributed by atoms with E-state index in [1.165, 1.54) is 34.7 Å². The van der Waals surface area contributed by atoms with Crippen molar-refractivity contribution in [3.8, 4) is 22.3 Å². The van der Waals surface area contributed by atoms with Crippen LogP contribution in [0.4, 0.5) is 0 Å². The van der Waals surface area contributed by atoms with Crippen LogP contribution in [0.5, 0.6) is 0 Å². The minimum Gasteiger partial charge on any atom is -0.461 e. The molecule has 1 atom stereocenters. The molecule has 6 rings (SSSR count). The van der Waals surface area contributed by atoms with Crippen LogP contribution in [-0.4, -0.2) is 12.3 Å². The summed E-state index contributed by atoms with van der Waals surface area (Å²) < 4.78 is 5.31. The first-order valence-corrected chi connectivity index (χ1v) is 10.7. The largest absolute Gasteiger partial charge is 0.461 e. The Morgan fingerprint density at radius 1 is 0.750 bits per heavy atom. The summed E-state index contributed by atoms with van der Waals surface area (Å²) >= 11 is 0. The molecule has 0 bridgehead atoms. The highest BCUT2D eigenvalue weighted by molar-refractivity contribution is 5.96. The number of carbonyl (C=O) groups excluding carboxylic acids is 2. The molecule has 0 saturated heterocycles. The fourth-order valence-corrected chi connectivity index (χ4v) is 5.55. The lowest BCUT2D eigenvalue weighted by Crippen LogP contribution is -2.26. The van der Waals surface area contributed by atoms with Crippen molar-refractivity contribution < 1.29 is 14.3 Å². The first-order valence-electron chi connectivity index (χ1n) is 10.7. The minimum absolute atomic E-state index is 0.234. The molecule has 0 radical (unpaired) electrons. The van der Waals surface area contributed by atoms with Crippen molar-refractivity contribution in [3.05, 3.63) is 118 Å². The normalized spacial score (nSPS) is 16.8. The van der Waals surface area contributed by atoms with E-state index >= 15 is 0 Å². The molecular weight excluding hydrogens is 396 g/mol. The molecule has 3 heteroatoms. The number of esters is 1. The van der Waals surface area contributed by atoms with Crippen LogP contribution in [0.1, 0.15) is 45.1 Å². The van der Waals surface area contributed by atoms with Gasteiger partial charge in [-0.1, -0.05) is 78.9 Å². The van der Waals surface area contributed by atoms with Gasteiger partial charge in [-0.2, -0.15) is 0 Å². The van der Waals surface area contributed by atoms with E-state index in [0.717, 1.165) is 28.5 Å². The van der Waals surface area contributed by atoms with E-state index in [1.54, 1.807) is 0 Å². The summed E-state index contributed by atoms with van der Waals surface area (Å²) in [5.41, 5.74) is 10.5. The highest BCUT2D eigenvalue weighted by Gasteiger charge is 2.51. The van der Waals surface area contributed by atoms with Crippen LogP contribution in [0.3, 0.4) is 0 Å². The quantitative estimate of drug-likeness (QED) is 0.266. The molecule has 2 aliphatic carbocycles. The number of hydrogen-bond acceptors (Lipinski definition) is 3. The number of hydrogen-bond donors (Lipinski definition) is 0. The SMILES string of the molecule is CC(=O)OCc1ccc2c(c1)[C@@]1(c3ccccc3-c3ccc(C=O)cc31)c1ccccc1-2. The average molecular weight is 416 g/mol. The summed E-state index contributed by atoms with van der Waals surface area (Å²) in [6.07, 6.45) is 0.913. The molecule has 0 aliphatic heterocycles. The Morgan fingerprint density at radius 2 is 1.31 bits per heavy atom. The van der Waals surface area contributed by atoms with E-state index in [9.17, 15) is 9.59 Å². The maximum absolute atomic E-state index is 11.7. The first kappa shape index (κ1) is 18.8. The van der Waals surface area contributed by atoms with Crippen LogP contribution in [0.15, 0.2) is 84.9 Å². The van der Waals surface area contributed by atoms with Gasteiger partial charge in [0.2, 0.25) is 0 Å². The third kappa shape index (κ3) is 2.36. The van der Waals surface area contributed by atoms with Gasteiger partial charge in [-0.25, -0.2) is 0 Å². The van der Waals surface area contributed by atoms with Crippen LogP contribution < -0.4 is 0 Å². The number of carbonyl (C=O) groups is 2. The van der Waals surface area contributed by atoms with Crippen LogP contribution in [0, 0.1) is 0 Å². The zero-order valence-corrected chi connectivity index (χ0v) is 17.6. The molecule has 154 valence electrons. The summed E-state index contributed by atoms with van der Waals surface area (Å²) in [6, 6.07) is 29.3. The molecule has 0 heterocycles. The van der Waals surface area contributed by atoms with Gasteiger partial charge in [0.25, 0.3) is 0 Å². The van der Waals surface area contributed by atoms with Crippen molar-refractivity contribution in [2.45, 2.75) is 18.9 Å². The molecule has 0 saturated carbocycles. The maximum atomic E-state index is 11.7. The molecule has 0 fully saturated rings. The van der Waals surface area contributed by atoms with Crippen molar-refractivity contribution in [1.29, 1.82) is 0 Å². The standard InChI is InChI=1S/C29H20O3/c1-18(31)32-17-20-11-13-24-22-7-3-5-9-26(22)29(28(24)15-20)25-8-4-2-6-21(25)23-12-10-19(16-30)14-27(23)29/h2-16H,17H2,1H3/t29-/m0/s1. The van der Waals surface area contributed by atoms with Crippen molar-refractivity contribution in [2.24, 2.45) is 0 Å². The highest BCUT2D eigenvalue weighted by atomic mass is 16.5. The lowest BCUT2D eigenvalue weighted by Gasteiger charge is -2.30. The first-order chi connectivity index (χ1) is 15.6. The van der Waals surface area contributed by atoms with Crippen molar-refractivity contribution in [3.63, 3.8) is 0 Å². The average Bonchev–Trinajstić information content (AvgIpc) is 3.29. The highest BCUT2D eigenvalue weighted by Crippen LogP contribution is 2.62. The fourth-order valence-electron chi connectivity index (χ4n) is 5.55. The lowest BCUT2D eigenvalue weighted by molar-refractivity contribution is -0.142. The van der Waals surface area contributed by atoms with Gasteiger partial charge < -0.3 is 4.74 Å². The van der Waals surface area contributed by atoms with Gasteiger partial charge in [-0.15, -0.1) is 0 Å². The van der Waals surface area contributed by atoms with E-state index in [2.05, 4.69) is 66.7 Å². The zero-order chi connectivity index (χ0) is 21.9. The maximum Gasteiger partial charge on any atom is 0.302 e. The van der Waals surface area contributed by atoms with E-state index in [-0.39, 0.29) is 12.6 Å². The third-order valence-electron chi connectivity index (χ3n) is 6.76. The van der Waals surface area contributed by atoms with Gasteiger partial charge in [0.1, 0.15) is 12.9 Å². The van der Waals surface area contributed by atoms with E-state index in [1.807, 2.05) is 18.2 Å². The molecule has 3 nitrogen and oxygen atoms in total. The second-order valence-corrected chi connectivity index (χ2v) is 8.42. The van der Waals surface area contributed by atoms with Gasteiger partial charge in [-0.3, -0.25) is 9.59 Å². The summed E-state index contributed by atoms with van der Waals surface area (Å²) in [5.74, 6) is -0.296. The number of benzene rings is 4. The fraction of sp³-hybridized carbons (Fsp3) is 0.103. The van der Waals surface area contributed by atoms with Gasteiger partial charge in [-0.05, 0) is 56.1 Å². The summed E-state index contributed by atoms with van der Waals surface area (Å²) in [6.45, 7) is 1.66. The van der Waals surface area contributed by atoms with Crippen molar-refractivity contribution >= 4 is 12.3 Å². The monoisotopic (exact) mass is 416 g/mol. The molecule has 4 aromatic rings.